The largest absolute Gasteiger partial charge is 0.493 e. The lowest BCUT2D eigenvalue weighted by Crippen LogP contribution is -2.50. The van der Waals surface area contributed by atoms with Gasteiger partial charge in [-0.25, -0.2) is 0 Å². The highest BCUT2D eigenvalue weighted by Crippen LogP contribution is 2.30. The van der Waals surface area contributed by atoms with Crippen LogP contribution in [0.1, 0.15) is 19.8 Å². The summed E-state index contributed by atoms with van der Waals surface area (Å²) >= 11 is 0. The van der Waals surface area contributed by atoms with Gasteiger partial charge in [0.25, 0.3) is 0 Å². The van der Waals surface area contributed by atoms with Crippen molar-refractivity contribution < 1.29 is 19.0 Å². The van der Waals surface area contributed by atoms with Crippen molar-refractivity contribution in [2.24, 2.45) is 11.1 Å². The van der Waals surface area contributed by atoms with Gasteiger partial charge in [0, 0.05) is 19.8 Å². The van der Waals surface area contributed by atoms with E-state index in [0.29, 0.717) is 50.6 Å². The lowest BCUT2D eigenvalue weighted by atomic mass is 9.79. The molecular formula is C17H27ClN2O4. The van der Waals surface area contributed by atoms with E-state index in [2.05, 4.69) is 5.32 Å². The molecular weight excluding hydrogens is 332 g/mol. The van der Waals surface area contributed by atoms with Gasteiger partial charge in [-0.05, 0) is 31.9 Å². The summed E-state index contributed by atoms with van der Waals surface area (Å²) in [6.07, 6.45) is 1.15. The van der Waals surface area contributed by atoms with Crippen LogP contribution in [0.2, 0.25) is 0 Å². The Kier molecular flexibility index (Phi) is 8.31. The zero-order valence-corrected chi connectivity index (χ0v) is 15.1. The molecule has 1 fully saturated rings. The van der Waals surface area contributed by atoms with Gasteiger partial charge in [0.05, 0.1) is 19.1 Å². The first-order valence-corrected chi connectivity index (χ1v) is 7.97. The van der Waals surface area contributed by atoms with Gasteiger partial charge in [0.1, 0.15) is 6.10 Å². The number of hydrogen-bond acceptors (Lipinski definition) is 5. The maximum Gasteiger partial charge on any atom is 0.227 e. The zero-order valence-electron chi connectivity index (χ0n) is 14.2. The van der Waals surface area contributed by atoms with Gasteiger partial charge in [-0.3, -0.25) is 4.79 Å². The first kappa shape index (κ1) is 20.5. The topological polar surface area (TPSA) is 82.8 Å². The first-order chi connectivity index (χ1) is 11.1. The van der Waals surface area contributed by atoms with Crippen molar-refractivity contribution in [1.29, 1.82) is 0 Å². The highest BCUT2D eigenvalue weighted by molar-refractivity contribution is 5.85. The third kappa shape index (κ3) is 5.00. The second-order valence-electron chi connectivity index (χ2n) is 5.89. The Hall–Kier alpha value is -1.50. The number of nitrogens with one attached hydrogen (secondary N) is 1. The Balaban J connectivity index is 0.00000288. The summed E-state index contributed by atoms with van der Waals surface area (Å²) < 4.78 is 16.4. The summed E-state index contributed by atoms with van der Waals surface area (Å²) in [5, 5.41) is 2.96. The van der Waals surface area contributed by atoms with E-state index in [1.165, 1.54) is 0 Å². The summed E-state index contributed by atoms with van der Waals surface area (Å²) in [4.78, 5) is 12.5. The van der Waals surface area contributed by atoms with Crippen LogP contribution in [-0.2, 0) is 9.53 Å². The van der Waals surface area contributed by atoms with Gasteiger partial charge in [0.15, 0.2) is 11.5 Å². The van der Waals surface area contributed by atoms with Crippen molar-refractivity contribution in [3.05, 3.63) is 24.3 Å². The first-order valence-electron chi connectivity index (χ1n) is 7.97. The van der Waals surface area contributed by atoms with Gasteiger partial charge in [-0.2, -0.15) is 0 Å². The van der Waals surface area contributed by atoms with Crippen LogP contribution in [0.15, 0.2) is 24.3 Å². The van der Waals surface area contributed by atoms with Gasteiger partial charge in [-0.15, -0.1) is 12.4 Å². The minimum atomic E-state index is -0.512. The van der Waals surface area contributed by atoms with E-state index in [-0.39, 0.29) is 24.4 Å². The summed E-state index contributed by atoms with van der Waals surface area (Å²) in [7, 11) is 1.60. The van der Waals surface area contributed by atoms with Crippen molar-refractivity contribution in [3.63, 3.8) is 0 Å². The number of rotatable bonds is 7. The van der Waals surface area contributed by atoms with Gasteiger partial charge in [-0.1, -0.05) is 12.1 Å². The molecule has 1 aliphatic heterocycles. The minimum Gasteiger partial charge on any atom is -0.493 e. The molecule has 24 heavy (non-hydrogen) atoms. The van der Waals surface area contributed by atoms with Crippen molar-refractivity contribution in [2.75, 3.05) is 33.4 Å². The molecule has 1 aromatic carbocycles. The highest BCUT2D eigenvalue weighted by atomic mass is 35.5. The summed E-state index contributed by atoms with van der Waals surface area (Å²) in [5.74, 6) is 1.32. The fourth-order valence-corrected chi connectivity index (χ4v) is 2.68. The standard InChI is InChI=1S/C17H26N2O4.ClH/c1-13(23-15-6-4-3-5-14(15)21-2)11-19-16(20)17(12-18)7-9-22-10-8-17;/h3-6,13H,7-12,18H2,1-2H3,(H,19,20);1H. The van der Waals surface area contributed by atoms with Crippen LogP contribution in [0.5, 0.6) is 11.5 Å². The van der Waals surface area contributed by atoms with Crippen LogP contribution < -0.4 is 20.5 Å². The average molecular weight is 359 g/mol. The molecule has 0 aliphatic carbocycles. The van der Waals surface area contributed by atoms with Crippen molar-refractivity contribution in [3.8, 4) is 11.5 Å². The molecule has 0 bridgehead atoms. The van der Waals surface area contributed by atoms with E-state index in [1.54, 1.807) is 7.11 Å². The number of halogens is 1. The Morgan fingerprint density at radius 3 is 2.54 bits per heavy atom. The van der Waals surface area contributed by atoms with Gasteiger partial charge < -0.3 is 25.3 Å². The number of ether oxygens (including phenoxy) is 3. The summed E-state index contributed by atoms with van der Waals surface area (Å²) in [6.45, 7) is 3.82. The Morgan fingerprint density at radius 1 is 1.33 bits per heavy atom. The lowest BCUT2D eigenvalue weighted by Gasteiger charge is -2.34. The molecule has 1 amide bonds. The van der Waals surface area contributed by atoms with E-state index in [4.69, 9.17) is 19.9 Å². The lowest BCUT2D eigenvalue weighted by molar-refractivity contribution is -0.136. The number of methoxy groups -OCH3 is 1. The number of benzene rings is 1. The van der Waals surface area contributed by atoms with Crippen LogP contribution in [0.25, 0.3) is 0 Å². The molecule has 136 valence electrons. The van der Waals surface area contributed by atoms with Crippen LogP contribution in [0, 0.1) is 5.41 Å². The average Bonchev–Trinajstić information content (AvgIpc) is 2.60. The second-order valence-corrected chi connectivity index (χ2v) is 5.89. The van der Waals surface area contributed by atoms with E-state index >= 15 is 0 Å². The maximum absolute atomic E-state index is 12.5. The molecule has 3 N–H and O–H groups in total. The molecule has 1 unspecified atom stereocenters. The smallest absolute Gasteiger partial charge is 0.227 e. The quantitative estimate of drug-likeness (QED) is 0.776. The van der Waals surface area contributed by atoms with E-state index in [9.17, 15) is 4.79 Å². The van der Waals surface area contributed by atoms with Gasteiger partial charge in [0.2, 0.25) is 5.91 Å². The van der Waals surface area contributed by atoms with Crippen molar-refractivity contribution in [1.82, 2.24) is 5.32 Å². The van der Waals surface area contributed by atoms with Crippen LogP contribution in [0.3, 0.4) is 0 Å². The number of nitrogens with two attached hydrogens (primary N) is 1. The Morgan fingerprint density at radius 2 is 1.96 bits per heavy atom. The van der Waals surface area contributed by atoms with E-state index < -0.39 is 5.41 Å². The predicted octanol–water partition coefficient (Wildman–Crippen LogP) is 1.76. The molecule has 1 aliphatic rings. The van der Waals surface area contributed by atoms with E-state index in [1.807, 2.05) is 31.2 Å². The van der Waals surface area contributed by atoms with Crippen LogP contribution in [-0.4, -0.2) is 45.4 Å². The molecule has 1 aromatic rings. The molecule has 0 radical (unpaired) electrons. The molecule has 7 heteroatoms. The van der Waals surface area contributed by atoms with Crippen molar-refractivity contribution in [2.45, 2.75) is 25.9 Å². The van der Waals surface area contributed by atoms with Crippen molar-refractivity contribution >= 4 is 18.3 Å². The van der Waals surface area contributed by atoms with Crippen LogP contribution >= 0.6 is 12.4 Å². The number of carbonyl (C=O) groups is 1. The number of amides is 1. The molecule has 0 spiro atoms. The minimum absolute atomic E-state index is 0. The third-order valence-electron chi connectivity index (χ3n) is 4.27. The Bertz CT molecular complexity index is 521. The number of para-hydroxylation sites is 2. The van der Waals surface area contributed by atoms with Crippen LogP contribution in [0.4, 0.5) is 0 Å². The molecule has 6 nitrogen and oxygen atoms in total. The molecule has 2 rings (SSSR count). The van der Waals surface area contributed by atoms with E-state index in [0.717, 1.165) is 0 Å². The molecule has 1 saturated heterocycles. The maximum atomic E-state index is 12.5. The van der Waals surface area contributed by atoms with Gasteiger partial charge >= 0.3 is 0 Å². The monoisotopic (exact) mass is 358 g/mol. The molecule has 0 aromatic heterocycles. The summed E-state index contributed by atoms with van der Waals surface area (Å²) in [6, 6.07) is 7.45. The fraction of sp³-hybridized carbons (Fsp3) is 0.588. The SMILES string of the molecule is COc1ccccc1OC(C)CNC(=O)C1(CN)CCOCC1.Cl. The summed E-state index contributed by atoms with van der Waals surface area (Å²) in [5.41, 5.74) is 5.33. The molecule has 0 saturated carbocycles. The zero-order chi connectivity index (χ0) is 16.7. The number of hydrogen-bond donors (Lipinski definition) is 2. The number of carbonyl (C=O) groups excluding carboxylic acids is 1. The predicted molar refractivity (Wildman–Crippen MR) is 94.9 cm³/mol. The normalized spacial score (nSPS) is 17.3. The highest BCUT2D eigenvalue weighted by Gasteiger charge is 2.38. The molecule has 1 heterocycles. The fourth-order valence-electron chi connectivity index (χ4n) is 2.68. The third-order valence-corrected chi connectivity index (χ3v) is 4.27. The Labute approximate surface area is 149 Å². The molecule has 1 atom stereocenters. The second kappa shape index (κ2) is 9.71.